The third-order valence-corrected chi connectivity index (χ3v) is 4.99. The molecule has 2 aromatic carbocycles. The number of ether oxygens (including phenoxy) is 1. The molecule has 0 aliphatic carbocycles. The molecular formula is C23H26N4O4. The highest BCUT2D eigenvalue weighted by atomic mass is 16.5. The Morgan fingerprint density at radius 1 is 1.10 bits per heavy atom. The standard InChI is InChI=1S/C23H26N4O4/c1-3-15-8-10-17(11-9-15)26-21(28)14(2)31-22(29)20(27-23(24)30)12-16-13-25-19-7-5-4-6-18(16)19/h4-11,13-14,20,25H,3,12H2,1-2H3,(H,26,28)(H3,24,27,30)/t14?,20-/m1/s1. The number of aromatic amines is 1. The van der Waals surface area contributed by atoms with Crippen LogP contribution >= 0.6 is 0 Å². The van der Waals surface area contributed by atoms with Crippen LogP contribution in [-0.2, 0) is 27.2 Å². The first kappa shape index (κ1) is 21.9. The van der Waals surface area contributed by atoms with E-state index in [4.69, 9.17) is 10.5 Å². The molecule has 0 spiro atoms. The highest BCUT2D eigenvalue weighted by Crippen LogP contribution is 2.19. The zero-order chi connectivity index (χ0) is 22.4. The van der Waals surface area contributed by atoms with E-state index in [0.717, 1.165) is 28.5 Å². The molecule has 0 saturated heterocycles. The Labute approximate surface area is 180 Å². The Kier molecular flexibility index (Phi) is 6.92. The van der Waals surface area contributed by atoms with Crippen LogP contribution in [0.15, 0.2) is 54.7 Å². The van der Waals surface area contributed by atoms with E-state index >= 15 is 0 Å². The first-order valence-corrected chi connectivity index (χ1v) is 10.1. The number of nitrogens with one attached hydrogen (secondary N) is 3. The summed E-state index contributed by atoms with van der Waals surface area (Å²) in [6, 6.07) is 13.1. The number of fused-ring (bicyclic) bond motifs is 1. The number of carbonyl (C=O) groups is 3. The number of aryl methyl sites for hydroxylation is 1. The van der Waals surface area contributed by atoms with Gasteiger partial charge in [0.25, 0.3) is 5.91 Å². The predicted molar refractivity (Wildman–Crippen MR) is 119 cm³/mol. The number of esters is 1. The average molecular weight is 422 g/mol. The van der Waals surface area contributed by atoms with Crippen LogP contribution in [0.25, 0.3) is 10.9 Å². The fourth-order valence-corrected chi connectivity index (χ4v) is 3.26. The molecule has 31 heavy (non-hydrogen) atoms. The van der Waals surface area contributed by atoms with E-state index in [1.54, 1.807) is 18.3 Å². The van der Waals surface area contributed by atoms with Gasteiger partial charge in [0, 0.05) is 29.2 Å². The molecule has 0 bridgehead atoms. The van der Waals surface area contributed by atoms with Crippen LogP contribution in [0.5, 0.6) is 0 Å². The fourth-order valence-electron chi connectivity index (χ4n) is 3.26. The number of urea groups is 1. The zero-order valence-electron chi connectivity index (χ0n) is 17.5. The van der Waals surface area contributed by atoms with E-state index in [0.29, 0.717) is 5.69 Å². The van der Waals surface area contributed by atoms with Crippen LogP contribution < -0.4 is 16.4 Å². The minimum atomic E-state index is -1.06. The molecule has 3 amide bonds. The van der Waals surface area contributed by atoms with Gasteiger partial charge in [0.05, 0.1) is 0 Å². The van der Waals surface area contributed by atoms with Gasteiger partial charge in [-0.05, 0) is 42.7 Å². The van der Waals surface area contributed by atoms with Crippen LogP contribution in [0.2, 0.25) is 0 Å². The van der Waals surface area contributed by atoms with Crippen LogP contribution in [0.3, 0.4) is 0 Å². The molecule has 0 fully saturated rings. The molecule has 3 rings (SSSR count). The first-order chi connectivity index (χ1) is 14.9. The molecule has 8 nitrogen and oxygen atoms in total. The second kappa shape index (κ2) is 9.80. The zero-order valence-corrected chi connectivity index (χ0v) is 17.5. The number of carbonyl (C=O) groups excluding carboxylic acids is 3. The lowest BCUT2D eigenvalue weighted by Crippen LogP contribution is -2.47. The van der Waals surface area contributed by atoms with Gasteiger partial charge < -0.3 is 26.1 Å². The molecule has 8 heteroatoms. The van der Waals surface area contributed by atoms with Gasteiger partial charge in [-0.3, -0.25) is 4.79 Å². The summed E-state index contributed by atoms with van der Waals surface area (Å²) in [5.41, 5.74) is 8.73. The van der Waals surface area contributed by atoms with Crippen molar-refractivity contribution in [1.29, 1.82) is 0 Å². The summed E-state index contributed by atoms with van der Waals surface area (Å²) >= 11 is 0. The van der Waals surface area contributed by atoms with Gasteiger partial charge in [0.15, 0.2) is 6.10 Å². The predicted octanol–water partition coefficient (Wildman–Crippen LogP) is 2.88. The summed E-state index contributed by atoms with van der Waals surface area (Å²) in [5, 5.41) is 6.05. The molecule has 0 aliphatic heterocycles. The van der Waals surface area contributed by atoms with Crippen LogP contribution in [0.1, 0.15) is 25.0 Å². The normalized spacial score (nSPS) is 12.7. The van der Waals surface area contributed by atoms with Crippen molar-refractivity contribution in [3.63, 3.8) is 0 Å². The summed E-state index contributed by atoms with van der Waals surface area (Å²) in [4.78, 5) is 39.7. The van der Waals surface area contributed by atoms with E-state index in [-0.39, 0.29) is 6.42 Å². The van der Waals surface area contributed by atoms with Crippen LogP contribution in [0, 0.1) is 0 Å². The smallest absolute Gasteiger partial charge is 0.329 e. The van der Waals surface area contributed by atoms with Crippen LogP contribution in [-0.4, -0.2) is 35.0 Å². The Hall–Kier alpha value is -3.81. The molecule has 1 aromatic heterocycles. The molecule has 162 valence electrons. The molecule has 1 heterocycles. The van der Waals surface area contributed by atoms with Gasteiger partial charge in [-0.1, -0.05) is 37.3 Å². The molecule has 0 aliphatic rings. The van der Waals surface area contributed by atoms with Gasteiger partial charge in [-0.25, -0.2) is 9.59 Å². The highest BCUT2D eigenvalue weighted by molar-refractivity contribution is 5.95. The second-order valence-corrected chi connectivity index (χ2v) is 7.24. The topological polar surface area (TPSA) is 126 Å². The van der Waals surface area contributed by atoms with Gasteiger partial charge in [0.2, 0.25) is 0 Å². The molecule has 5 N–H and O–H groups in total. The number of rotatable bonds is 8. The molecular weight excluding hydrogens is 396 g/mol. The maximum absolute atomic E-state index is 12.7. The largest absolute Gasteiger partial charge is 0.451 e. The molecule has 1 unspecified atom stereocenters. The third-order valence-electron chi connectivity index (χ3n) is 4.99. The average Bonchev–Trinajstić information content (AvgIpc) is 3.16. The number of aromatic nitrogens is 1. The first-order valence-electron chi connectivity index (χ1n) is 10.1. The number of benzene rings is 2. The van der Waals surface area contributed by atoms with Gasteiger partial charge in [0.1, 0.15) is 6.04 Å². The molecule has 0 saturated carbocycles. The van der Waals surface area contributed by atoms with E-state index in [1.807, 2.05) is 43.3 Å². The van der Waals surface area contributed by atoms with Crippen molar-refractivity contribution in [2.45, 2.75) is 38.8 Å². The number of amides is 3. The van der Waals surface area contributed by atoms with Crippen molar-refractivity contribution in [2.24, 2.45) is 5.73 Å². The fraction of sp³-hybridized carbons (Fsp3) is 0.261. The Morgan fingerprint density at radius 2 is 1.81 bits per heavy atom. The van der Waals surface area contributed by atoms with Crippen molar-refractivity contribution in [1.82, 2.24) is 10.3 Å². The maximum Gasteiger partial charge on any atom is 0.329 e. The Bertz CT molecular complexity index is 1070. The molecule has 0 radical (unpaired) electrons. The van der Waals surface area contributed by atoms with Gasteiger partial charge in [-0.15, -0.1) is 0 Å². The number of nitrogens with two attached hydrogens (primary N) is 1. The monoisotopic (exact) mass is 422 g/mol. The van der Waals surface area contributed by atoms with Gasteiger partial charge in [-0.2, -0.15) is 0 Å². The second-order valence-electron chi connectivity index (χ2n) is 7.24. The van der Waals surface area contributed by atoms with E-state index in [1.165, 1.54) is 6.92 Å². The number of hydrogen-bond donors (Lipinski definition) is 4. The third kappa shape index (κ3) is 5.63. The lowest BCUT2D eigenvalue weighted by Gasteiger charge is -2.19. The summed E-state index contributed by atoms with van der Waals surface area (Å²) < 4.78 is 5.32. The Morgan fingerprint density at radius 3 is 2.48 bits per heavy atom. The maximum atomic E-state index is 12.7. The van der Waals surface area contributed by atoms with Crippen molar-refractivity contribution >= 4 is 34.5 Å². The lowest BCUT2D eigenvalue weighted by molar-refractivity contribution is -0.155. The van der Waals surface area contributed by atoms with Crippen molar-refractivity contribution in [3.05, 3.63) is 65.9 Å². The van der Waals surface area contributed by atoms with E-state index < -0.39 is 30.1 Å². The highest BCUT2D eigenvalue weighted by Gasteiger charge is 2.27. The molecule has 2 atom stereocenters. The van der Waals surface area contributed by atoms with Gasteiger partial charge >= 0.3 is 12.0 Å². The number of H-pyrrole nitrogens is 1. The summed E-state index contributed by atoms with van der Waals surface area (Å²) in [6.45, 7) is 3.52. The number of para-hydroxylation sites is 1. The SMILES string of the molecule is CCc1ccc(NC(=O)C(C)OC(=O)[C@@H](Cc2c[nH]c3ccccc23)NC(N)=O)cc1. The summed E-state index contributed by atoms with van der Waals surface area (Å²) in [7, 11) is 0. The summed E-state index contributed by atoms with van der Waals surface area (Å²) in [6.07, 6.45) is 1.77. The van der Waals surface area contributed by atoms with E-state index in [9.17, 15) is 14.4 Å². The minimum absolute atomic E-state index is 0.165. The Balaban J connectivity index is 1.66. The summed E-state index contributed by atoms with van der Waals surface area (Å²) in [5.74, 6) is -1.21. The van der Waals surface area contributed by atoms with Crippen molar-refractivity contribution in [2.75, 3.05) is 5.32 Å². The number of anilines is 1. The minimum Gasteiger partial charge on any atom is -0.451 e. The van der Waals surface area contributed by atoms with Crippen LogP contribution in [0.4, 0.5) is 10.5 Å². The number of primary amides is 1. The van der Waals surface area contributed by atoms with E-state index in [2.05, 4.69) is 15.6 Å². The number of hydrogen-bond acceptors (Lipinski definition) is 4. The molecule has 3 aromatic rings. The van der Waals surface area contributed by atoms with Crippen molar-refractivity contribution in [3.8, 4) is 0 Å². The quantitative estimate of drug-likeness (QED) is 0.416. The van der Waals surface area contributed by atoms with Crippen molar-refractivity contribution < 1.29 is 19.1 Å². The lowest BCUT2D eigenvalue weighted by atomic mass is 10.1.